The second kappa shape index (κ2) is 6.95. The molecule has 0 aromatic carbocycles. The summed E-state index contributed by atoms with van der Waals surface area (Å²) in [6.07, 6.45) is 4.64. The molecule has 3 rings (SSSR count). The van der Waals surface area contributed by atoms with Gasteiger partial charge in [0, 0.05) is 30.5 Å². The summed E-state index contributed by atoms with van der Waals surface area (Å²) in [4.78, 5) is 7.28. The van der Waals surface area contributed by atoms with Crippen molar-refractivity contribution in [2.45, 2.75) is 63.6 Å². The van der Waals surface area contributed by atoms with Crippen LogP contribution in [-0.2, 0) is 11.3 Å². The zero-order valence-corrected chi connectivity index (χ0v) is 14.9. The summed E-state index contributed by atoms with van der Waals surface area (Å²) < 4.78 is 6.19. The second-order valence-corrected chi connectivity index (χ2v) is 8.06. The summed E-state index contributed by atoms with van der Waals surface area (Å²) >= 11 is 1.80. The monoisotopic (exact) mass is 323 g/mol. The Kier molecular flexibility index (Phi) is 5.17. The van der Waals surface area contributed by atoms with Gasteiger partial charge in [-0.1, -0.05) is 13.8 Å². The van der Waals surface area contributed by atoms with Crippen LogP contribution in [0.3, 0.4) is 0 Å². The van der Waals surface area contributed by atoms with Crippen LogP contribution in [0.25, 0.3) is 0 Å². The van der Waals surface area contributed by atoms with E-state index in [1.807, 2.05) is 0 Å². The number of aromatic nitrogens is 1. The molecule has 1 aromatic heterocycles. The average molecular weight is 324 g/mol. The van der Waals surface area contributed by atoms with Crippen LogP contribution in [-0.4, -0.2) is 48.3 Å². The molecule has 1 unspecified atom stereocenters. The van der Waals surface area contributed by atoms with E-state index in [4.69, 9.17) is 9.72 Å². The minimum Gasteiger partial charge on any atom is -0.375 e. The van der Waals surface area contributed by atoms with Gasteiger partial charge < -0.3 is 10.1 Å². The Morgan fingerprint density at radius 3 is 2.91 bits per heavy atom. The van der Waals surface area contributed by atoms with Gasteiger partial charge in [0.15, 0.2) is 0 Å². The van der Waals surface area contributed by atoms with Crippen molar-refractivity contribution in [2.75, 3.05) is 26.7 Å². The van der Waals surface area contributed by atoms with E-state index in [1.165, 1.54) is 17.1 Å². The number of rotatable bonds is 4. The van der Waals surface area contributed by atoms with E-state index in [-0.39, 0.29) is 5.60 Å². The molecule has 2 aliphatic heterocycles. The number of piperidine rings is 1. The topological polar surface area (TPSA) is 37.4 Å². The molecule has 124 valence electrons. The van der Waals surface area contributed by atoms with Gasteiger partial charge in [-0.05, 0) is 45.8 Å². The molecular weight excluding hydrogens is 294 g/mol. The average Bonchev–Trinajstić information content (AvgIpc) is 2.97. The number of hydrogen-bond acceptors (Lipinski definition) is 5. The molecule has 0 bridgehead atoms. The molecule has 4 nitrogen and oxygen atoms in total. The smallest absolute Gasteiger partial charge is 0.0954 e. The standard InChI is InChI=1S/C17H29N3OS/c1-13(2)16-19-14(12-22-16)11-20(3)15-4-9-21-17(10-15)5-7-18-8-6-17/h12-13,15,18H,4-11H2,1-3H3. The SMILES string of the molecule is CC(C)c1nc(CN(C)C2CCOC3(CCNCC3)C2)cs1. The first kappa shape index (κ1) is 16.4. The number of nitrogens with zero attached hydrogens (tertiary/aromatic N) is 2. The van der Waals surface area contributed by atoms with E-state index in [2.05, 4.69) is 36.5 Å². The van der Waals surface area contributed by atoms with Crippen molar-refractivity contribution in [1.82, 2.24) is 15.2 Å². The summed E-state index contributed by atoms with van der Waals surface area (Å²) in [5, 5.41) is 6.93. The number of thiazole rings is 1. The first-order valence-corrected chi connectivity index (χ1v) is 9.45. The van der Waals surface area contributed by atoms with Crippen molar-refractivity contribution in [3.05, 3.63) is 16.1 Å². The Hall–Kier alpha value is -0.490. The summed E-state index contributed by atoms with van der Waals surface area (Å²) in [5.41, 5.74) is 1.36. The third kappa shape index (κ3) is 3.70. The van der Waals surface area contributed by atoms with Crippen molar-refractivity contribution in [3.8, 4) is 0 Å². The zero-order valence-electron chi connectivity index (χ0n) is 14.1. The molecule has 0 aliphatic carbocycles. The van der Waals surface area contributed by atoms with Crippen LogP contribution >= 0.6 is 11.3 Å². The summed E-state index contributed by atoms with van der Waals surface area (Å²) in [5.74, 6) is 0.533. The Morgan fingerprint density at radius 1 is 1.45 bits per heavy atom. The normalized spacial score (nSPS) is 25.2. The molecule has 1 atom stereocenters. The van der Waals surface area contributed by atoms with Crippen molar-refractivity contribution < 1.29 is 4.74 Å². The van der Waals surface area contributed by atoms with Gasteiger partial charge in [0.1, 0.15) is 0 Å². The van der Waals surface area contributed by atoms with Crippen LogP contribution in [0, 0.1) is 0 Å². The lowest BCUT2D eigenvalue weighted by Crippen LogP contribution is -2.52. The molecule has 22 heavy (non-hydrogen) atoms. The van der Waals surface area contributed by atoms with Gasteiger partial charge in [-0.25, -0.2) is 4.98 Å². The quantitative estimate of drug-likeness (QED) is 0.924. The first-order valence-electron chi connectivity index (χ1n) is 8.57. The fourth-order valence-electron chi connectivity index (χ4n) is 3.65. The third-order valence-electron chi connectivity index (χ3n) is 5.08. The Bertz CT molecular complexity index is 476. The number of hydrogen-bond donors (Lipinski definition) is 1. The maximum Gasteiger partial charge on any atom is 0.0954 e. The maximum atomic E-state index is 6.19. The molecule has 0 saturated carbocycles. The molecule has 1 N–H and O–H groups in total. The molecule has 3 heterocycles. The highest BCUT2D eigenvalue weighted by Gasteiger charge is 2.39. The lowest BCUT2D eigenvalue weighted by molar-refractivity contribution is -0.119. The fraction of sp³-hybridized carbons (Fsp3) is 0.824. The predicted octanol–water partition coefficient (Wildman–Crippen LogP) is 3.00. The molecule has 1 spiro atoms. The fourth-order valence-corrected chi connectivity index (χ4v) is 4.48. The summed E-state index contributed by atoms with van der Waals surface area (Å²) in [7, 11) is 2.25. The Balaban J connectivity index is 1.60. The van der Waals surface area contributed by atoms with Gasteiger partial charge in [-0.2, -0.15) is 0 Å². The van der Waals surface area contributed by atoms with Crippen LogP contribution < -0.4 is 5.32 Å². The second-order valence-electron chi connectivity index (χ2n) is 7.17. The highest BCUT2D eigenvalue weighted by molar-refractivity contribution is 7.09. The predicted molar refractivity (Wildman–Crippen MR) is 91.5 cm³/mol. The van der Waals surface area contributed by atoms with Gasteiger partial charge in [-0.15, -0.1) is 11.3 Å². The molecule has 1 aromatic rings. The molecule has 2 aliphatic rings. The Labute approximate surface area is 138 Å². The van der Waals surface area contributed by atoms with Crippen molar-refractivity contribution in [2.24, 2.45) is 0 Å². The van der Waals surface area contributed by atoms with E-state index in [9.17, 15) is 0 Å². The van der Waals surface area contributed by atoms with Crippen molar-refractivity contribution in [1.29, 1.82) is 0 Å². The Morgan fingerprint density at radius 2 is 2.23 bits per heavy atom. The van der Waals surface area contributed by atoms with Gasteiger partial charge in [0.2, 0.25) is 0 Å². The minimum atomic E-state index is 0.133. The summed E-state index contributed by atoms with van der Waals surface area (Å²) in [6.45, 7) is 8.49. The van der Waals surface area contributed by atoms with Gasteiger partial charge in [-0.3, -0.25) is 4.90 Å². The van der Waals surface area contributed by atoms with E-state index in [0.717, 1.165) is 45.5 Å². The van der Waals surface area contributed by atoms with E-state index in [1.54, 1.807) is 11.3 Å². The van der Waals surface area contributed by atoms with Gasteiger partial charge >= 0.3 is 0 Å². The van der Waals surface area contributed by atoms with Crippen LogP contribution in [0.1, 0.15) is 56.2 Å². The van der Waals surface area contributed by atoms with Crippen LogP contribution in [0.4, 0.5) is 0 Å². The zero-order chi connectivity index (χ0) is 15.6. The number of nitrogens with one attached hydrogen (secondary N) is 1. The van der Waals surface area contributed by atoms with Crippen LogP contribution in [0.2, 0.25) is 0 Å². The first-order chi connectivity index (χ1) is 10.6. The molecular formula is C17H29N3OS. The van der Waals surface area contributed by atoms with E-state index >= 15 is 0 Å². The van der Waals surface area contributed by atoms with Crippen molar-refractivity contribution >= 4 is 11.3 Å². The molecule has 2 saturated heterocycles. The highest BCUT2D eigenvalue weighted by Crippen LogP contribution is 2.35. The third-order valence-corrected chi connectivity index (χ3v) is 6.27. The van der Waals surface area contributed by atoms with Gasteiger partial charge in [0.05, 0.1) is 16.3 Å². The van der Waals surface area contributed by atoms with E-state index in [0.29, 0.717) is 12.0 Å². The van der Waals surface area contributed by atoms with Crippen LogP contribution in [0.15, 0.2) is 5.38 Å². The van der Waals surface area contributed by atoms with Crippen molar-refractivity contribution in [3.63, 3.8) is 0 Å². The molecule has 0 radical (unpaired) electrons. The maximum absolute atomic E-state index is 6.19. The number of ether oxygens (including phenoxy) is 1. The van der Waals surface area contributed by atoms with Gasteiger partial charge in [0.25, 0.3) is 0 Å². The minimum absolute atomic E-state index is 0.133. The van der Waals surface area contributed by atoms with E-state index < -0.39 is 0 Å². The largest absolute Gasteiger partial charge is 0.375 e. The highest BCUT2D eigenvalue weighted by atomic mass is 32.1. The van der Waals surface area contributed by atoms with Crippen LogP contribution in [0.5, 0.6) is 0 Å². The molecule has 0 amide bonds. The lowest BCUT2D eigenvalue weighted by atomic mass is 9.82. The molecule has 5 heteroatoms. The lowest BCUT2D eigenvalue weighted by Gasteiger charge is -2.45. The molecule has 2 fully saturated rings. The summed E-state index contributed by atoms with van der Waals surface area (Å²) in [6, 6.07) is 0.621.